The van der Waals surface area contributed by atoms with Crippen LogP contribution in [0.25, 0.3) is 16.8 Å². The van der Waals surface area contributed by atoms with E-state index in [4.69, 9.17) is 4.74 Å². The Morgan fingerprint density at radius 2 is 2.00 bits per heavy atom. The van der Waals surface area contributed by atoms with Crippen molar-refractivity contribution in [3.8, 4) is 17.0 Å². The van der Waals surface area contributed by atoms with E-state index in [-0.39, 0.29) is 43.1 Å². The quantitative estimate of drug-likeness (QED) is 0.581. The normalized spacial score (nSPS) is 18.2. The number of fused-ring (bicyclic) bond motifs is 1. The molecule has 0 saturated heterocycles. The first kappa shape index (κ1) is 22.3. The zero-order valence-electron chi connectivity index (χ0n) is 17.8. The highest BCUT2D eigenvalue weighted by atomic mass is 32.2. The lowest BCUT2D eigenvalue weighted by Gasteiger charge is -2.29. The van der Waals surface area contributed by atoms with Gasteiger partial charge in [-0.25, -0.2) is 13.6 Å². The van der Waals surface area contributed by atoms with Gasteiger partial charge in [-0.3, -0.25) is 9.00 Å². The van der Waals surface area contributed by atoms with Gasteiger partial charge in [0, 0.05) is 37.1 Å². The molecule has 1 unspecified atom stereocenters. The zero-order valence-corrected chi connectivity index (χ0v) is 18.6. The number of carbonyl (C=O) groups excluding carboxylic acids is 1. The summed E-state index contributed by atoms with van der Waals surface area (Å²) in [6.07, 6.45) is 4.29. The van der Waals surface area contributed by atoms with Gasteiger partial charge >= 0.3 is 0 Å². The molecule has 1 aromatic carbocycles. The van der Waals surface area contributed by atoms with Gasteiger partial charge in [-0.05, 0) is 49.1 Å². The van der Waals surface area contributed by atoms with Gasteiger partial charge in [0.1, 0.15) is 11.3 Å². The molecule has 0 radical (unpaired) electrons. The number of nitrogens with zero attached hydrogens (tertiary/aromatic N) is 1. The number of halogens is 2. The average Bonchev–Trinajstić information content (AvgIpc) is 3.08. The van der Waals surface area contributed by atoms with Crippen molar-refractivity contribution < 1.29 is 22.5 Å². The van der Waals surface area contributed by atoms with Crippen molar-refractivity contribution in [3.05, 3.63) is 58.1 Å². The van der Waals surface area contributed by atoms with Gasteiger partial charge < -0.3 is 14.1 Å². The summed E-state index contributed by atoms with van der Waals surface area (Å²) >= 11 is 0. The first-order valence-electron chi connectivity index (χ1n) is 10.3. The van der Waals surface area contributed by atoms with Crippen molar-refractivity contribution >= 4 is 20.3 Å². The van der Waals surface area contributed by atoms with Crippen molar-refractivity contribution in [3.63, 3.8) is 0 Å². The molecule has 170 valence electrons. The summed E-state index contributed by atoms with van der Waals surface area (Å²) in [5.41, 5.74) is 2.97. The number of H-pyrrole nitrogens is 1. The second kappa shape index (κ2) is 8.22. The fourth-order valence-corrected chi connectivity index (χ4v) is 5.06. The third kappa shape index (κ3) is 4.49. The molecule has 1 aliphatic carbocycles. The van der Waals surface area contributed by atoms with E-state index in [0.717, 1.165) is 5.56 Å². The average molecular weight is 463 g/mol. The molecular weight excluding hydrogens is 438 g/mol. The molecule has 3 aromatic rings. The second-order valence-electron chi connectivity index (χ2n) is 8.46. The smallest absolute Gasteiger partial charge is 0.272 e. The molecule has 9 heteroatoms. The maximum atomic E-state index is 13.6. The number of aryl methyl sites for hydroxylation is 1. The van der Waals surface area contributed by atoms with Gasteiger partial charge in [-0.1, -0.05) is 6.07 Å². The number of ether oxygens (including phenoxy) is 1. The molecule has 6 nitrogen and oxygen atoms in total. The Morgan fingerprint density at radius 1 is 1.28 bits per heavy atom. The zero-order chi connectivity index (χ0) is 23.1. The van der Waals surface area contributed by atoms with Crippen LogP contribution in [0.3, 0.4) is 0 Å². The van der Waals surface area contributed by atoms with Crippen LogP contribution >= 0.6 is 0 Å². The van der Waals surface area contributed by atoms with Crippen LogP contribution in [0.15, 0.2) is 41.5 Å². The topological polar surface area (TPSA) is 80.6 Å². The summed E-state index contributed by atoms with van der Waals surface area (Å²) in [5, 5.41) is 1.60. The number of hydrogen-bond donors (Lipinski definition) is 1. The van der Waals surface area contributed by atoms with Crippen LogP contribution in [0.4, 0.5) is 8.78 Å². The van der Waals surface area contributed by atoms with Crippen LogP contribution in [0.5, 0.6) is 5.75 Å². The molecule has 1 fully saturated rings. The highest BCUT2D eigenvalue weighted by Crippen LogP contribution is 2.38. The molecule has 1 N–H and O–H groups in total. The van der Waals surface area contributed by atoms with Gasteiger partial charge in [-0.2, -0.15) is 0 Å². The van der Waals surface area contributed by atoms with Crippen molar-refractivity contribution in [2.75, 3.05) is 6.26 Å². The Hall–Kier alpha value is -2.90. The lowest BCUT2D eigenvalue weighted by molar-refractivity contribution is -0.0581. The minimum absolute atomic E-state index is 0.0162. The summed E-state index contributed by atoms with van der Waals surface area (Å²) in [6.45, 7) is 1.82. The molecule has 4 rings (SSSR count). The predicted octanol–water partition coefficient (Wildman–Crippen LogP) is 4.04. The van der Waals surface area contributed by atoms with E-state index >= 15 is 0 Å². The number of benzene rings is 1. The number of hydrogen-bond acceptors (Lipinski definition) is 4. The number of aromatic nitrogens is 2. The lowest BCUT2D eigenvalue weighted by atomic mass is 9.94. The Bertz CT molecular complexity index is 1370. The van der Waals surface area contributed by atoms with E-state index in [1.54, 1.807) is 34.0 Å². The molecule has 0 aliphatic heterocycles. The molecule has 0 amide bonds. The van der Waals surface area contributed by atoms with Gasteiger partial charge in [0.25, 0.3) is 5.56 Å². The third-order valence-electron chi connectivity index (χ3n) is 5.78. The van der Waals surface area contributed by atoms with Crippen LogP contribution in [0.1, 0.15) is 36.8 Å². The number of alkyl halides is 2. The highest BCUT2D eigenvalue weighted by Gasteiger charge is 2.36. The summed E-state index contributed by atoms with van der Waals surface area (Å²) in [4.78, 5) is 26.1. The van der Waals surface area contributed by atoms with Crippen molar-refractivity contribution in [1.29, 1.82) is 0 Å². The van der Waals surface area contributed by atoms with Crippen LogP contribution in [0.2, 0.25) is 0 Å². The summed E-state index contributed by atoms with van der Waals surface area (Å²) in [5.74, 6) is -2.15. The minimum Gasteiger partial charge on any atom is -0.490 e. The summed E-state index contributed by atoms with van der Waals surface area (Å²) in [6, 6.07) is 7.04. The third-order valence-corrected chi connectivity index (χ3v) is 7.01. The first-order valence-corrected chi connectivity index (χ1v) is 12.4. The Labute approximate surface area is 184 Å². The number of aromatic amines is 1. The molecular formula is C23H24F2N2O4S. The molecule has 2 aromatic heterocycles. The largest absolute Gasteiger partial charge is 0.490 e. The van der Waals surface area contributed by atoms with Crippen LogP contribution in [0, 0.1) is 6.92 Å². The van der Waals surface area contributed by atoms with Gasteiger partial charge in [0.2, 0.25) is 5.92 Å². The van der Waals surface area contributed by atoms with E-state index in [1.165, 1.54) is 12.5 Å². The minimum atomic E-state index is -2.81. The number of rotatable bonds is 5. The SMILES string of the molecule is Cc1cc(-c2cc(CS(C)(=O)=C=O)ccc2OC2CCC(F)(F)CC2)n2cc[nH]c(=O)c12. The van der Waals surface area contributed by atoms with Crippen molar-refractivity contribution in [2.45, 2.75) is 50.4 Å². The van der Waals surface area contributed by atoms with Gasteiger partial charge in [-0.15, -0.1) is 0 Å². The van der Waals surface area contributed by atoms with E-state index < -0.39 is 15.4 Å². The molecule has 2 heterocycles. The highest BCUT2D eigenvalue weighted by molar-refractivity contribution is 7.99. The van der Waals surface area contributed by atoms with Gasteiger partial charge in [0.05, 0.1) is 27.1 Å². The molecule has 0 spiro atoms. The summed E-state index contributed by atoms with van der Waals surface area (Å²) in [7, 11) is -2.81. The maximum Gasteiger partial charge on any atom is 0.272 e. The standard InChI is InChI=1S/C23H24F2N2O4S/c1-15-11-19(27-10-9-26-22(29)21(15)27)18-12-16(13-32(2,30)14-28)3-4-20(18)31-17-5-7-23(24,25)8-6-17/h3-4,9-12,17H,5-8,13H2,1-2H3,(H,26,29). The van der Waals surface area contributed by atoms with Gasteiger partial charge in [0.15, 0.2) is 5.23 Å². The predicted molar refractivity (Wildman–Crippen MR) is 119 cm³/mol. The Kier molecular flexibility index (Phi) is 5.73. The van der Waals surface area contributed by atoms with Crippen LogP contribution in [-0.2, 0) is 20.1 Å². The lowest BCUT2D eigenvalue weighted by Crippen LogP contribution is -2.30. The fourth-order valence-electron chi connectivity index (χ4n) is 4.19. The molecule has 1 atom stereocenters. The van der Waals surface area contributed by atoms with E-state index in [2.05, 4.69) is 4.98 Å². The molecule has 1 saturated carbocycles. The van der Waals surface area contributed by atoms with Crippen LogP contribution < -0.4 is 10.3 Å². The second-order valence-corrected chi connectivity index (χ2v) is 10.9. The molecule has 0 bridgehead atoms. The van der Waals surface area contributed by atoms with Crippen molar-refractivity contribution in [1.82, 2.24) is 9.38 Å². The molecule has 32 heavy (non-hydrogen) atoms. The first-order chi connectivity index (χ1) is 15.1. The Morgan fingerprint density at radius 3 is 2.69 bits per heavy atom. The summed E-state index contributed by atoms with van der Waals surface area (Å²) < 4.78 is 47.4. The monoisotopic (exact) mass is 462 g/mol. The van der Waals surface area contributed by atoms with Crippen molar-refractivity contribution in [2.24, 2.45) is 0 Å². The molecule has 1 aliphatic rings. The van der Waals surface area contributed by atoms with E-state index in [9.17, 15) is 22.6 Å². The maximum absolute atomic E-state index is 13.6. The van der Waals surface area contributed by atoms with E-state index in [1.807, 2.05) is 13.0 Å². The number of nitrogens with one attached hydrogen (secondary N) is 1. The van der Waals surface area contributed by atoms with Crippen LogP contribution in [-0.4, -0.2) is 37.1 Å². The Balaban J connectivity index is 1.81. The fraction of sp³-hybridized carbons (Fsp3) is 0.391. The van der Waals surface area contributed by atoms with E-state index in [0.29, 0.717) is 28.1 Å².